The van der Waals surface area contributed by atoms with Crippen LogP contribution >= 0.6 is 0 Å². The number of rotatable bonds is 6. The molecule has 0 spiro atoms. The summed E-state index contributed by atoms with van der Waals surface area (Å²) >= 11 is 0. The molecular formula is C20H18N4O4S. The smallest absolute Gasteiger partial charge is 0.316 e. The summed E-state index contributed by atoms with van der Waals surface area (Å²) in [4.78, 5) is 23.5. The first-order valence-corrected chi connectivity index (χ1v) is 9.98. The molecule has 0 radical (unpaired) electrons. The van der Waals surface area contributed by atoms with Crippen LogP contribution in [-0.4, -0.2) is 20.4 Å². The highest BCUT2D eigenvalue weighted by Gasteiger charge is 2.14. The maximum atomic E-state index is 12.4. The van der Waals surface area contributed by atoms with Gasteiger partial charge in [-0.25, -0.2) is 13.2 Å². The van der Waals surface area contributed by atoms with E-state index in [2.05, 4.69) is 15.4 Å². The fourth-order valence-electron chi connectivity index (χ4n) is 2.52. The summed E-state index contributed by atoms with van der Waals surface area (Å²) in [5, 5.41) is 5.12. The number of hydrogen-bond donors (Lipinski definition) is 4. The molecule has 0 atom stereocenters. The third kappa shape index (κ3) is 5.33. The Morgan fingerprint density at radius 3 is 1.97 bits per heavy atom. The van der Waals surface area contributed by atoms with Crippen molar-refractivity contribution in [3.63, 3.8) is 0 Å². The van der Waals surface area contributed by atoms with Crippen molar-refractivity contribution in [1.82, 2.24) is 0 Å². The predicted octanol–water partition coefficient (Wildman–Crippen LogP) is 3.23. The van der Waals surface area contributed by atoms with Gasteiger partial charge in [-0.05, 0) is 54.6 Å². The number of carbonyl (C=O) groups is 2. The second-order valence-corrected chi connectivity index (χ2v) is 7.70. The quantitative estimate of drug-likeness (QED) is 0.497. The van der Waals surface area contributed by atoms with Gasteiger partial charge in [0.2, 0.25) is 0 Å². The Hall–Kier alpha value is -3.85. The molecule has 3 amide bonds. The van der Waals surface area contributed by atoms with Crippen molar-refractivity contribution in [1.29, 1.82) is 0 Å². The van der Waals surface area contributed by atoms with Crippen LogP contribution in [0.25, 0.3) is 0 Å². The lowest BCUT2D eigenvalue weighted by Gasteiger charge is -2.10. The van der Waals surface area contributed by atoms with Crippen molar-refractivity contribution in [3.05, 3.63) is 84.4 Å². The Balaban J connectivity index is 1.68. The van der Waals surface area contributed by atoms with Crippen LogP contribution in [0.15, 0.2) is 83.8 Å². The van der Waals surface area contributed by atoms with Gasteiger partial charge >= 0.3 is 6.03 Å². The van der Waals surface area contributed by atoms with E-state index in [4.69, 9.17) is 5.73 Å². The van der Waals surface area contributed by atoms with Gasteiger partial charge in [0.15, 0.2) is 0 Å². The van der Waals surface area contributed by atoms with Crippen LogP contribution < -0.4 is 21.1 Å². The van der Waals surface area contributed by atoms with E-state index in [1.54, 1.807) is 42.5 Å². The molecule has 3 rings (SSSR count). The molecule has 0 fully saturated rings. The lowest BCUT2D eigenvalue weighted by molar-refractivity contribution is 0.102. The fraction of sp³-hybridized carbons (Fsp3) is 0. The Kier molecular flexibility index (Phi) is 5.79. The summed E-state index contributed by atoms with van der Waals surface area (Å²) in [5.41, 5.74) is 6.65. The largest absolute Gasteiger partial charge is 0.351 e. The van der Waals surface area contributed by atoms with Gasteiger partial charge in [0, 0.05) is 22.6 Å². The van der Waals surface area contributed by atoms with E-state index < -0.39 is 22.0 Å². The lowest BCUT2D eigenvalue weighted by Crippen LogP contribution is -2.19. The number of anilines is 3. The molecule has 0 aromatic heterocycles. The number of benzene rings is 3. The minimum atomic E-state index is -3.70. The van der Waals surface area contributed by atoms with Gasteiger partial charge in [-0.1, -0.05) is 24.3 Å². The highest BCUT2D eigenvalue weighted by molar-refractivity contribution is 7.92. The molecule has 9 heteroatoms. The zero-order chi connectivity index (χ0) is 20.9. The number of primary amides is 1. The summed E-state index contributed by atoms with van der Waals surface area (Å²) in [6, 6.07) is 19.8. The van der Waals surface area contributed by atoms with Crippen molar-refractivity contribution in [2.75, 3.05) is 15.4 Å². The van der Waals surface area contributed by atoms with Crippen molar-refractivity contribution < 1.29 is 18.0 Å². The Labute approximate surface area is 167 Å². The molecule has 148 valence electrons. The van der Waals surface area contributed by atoms with E-state index in [1.807, 2.05) is 0 Å². The van der Waals surface area contributed by atoms with E-state index in [0.29, 0.717) is 22.6 Å². The van der Waals surface area contributed by atoms with Crippen LogP contribution in [0.5, 0.6) is 0 Å². The maximum absolute atomic E-state index is 12.4. The number of nitrogens with two attached hydrogens (primary N) is 1. The predicted molar refractivity (Wildman–Crippen MR) is 111 cm³/mol. The number of hydrogen-bond acceptors (Lipinski definition) is 4. The van der Waals surface area contributed by atoms with Crippen LogP contribution in [0.3, 0.4) is 0 Å². The Morgan fingerprint density at radius 1 is 0.724 bits per heavy atom. The monoisotopic (exact) mass is 410 g/mol. The molecule has 29 heavy (non-hydrogen) atoms. The number of amides is 3. The molecule has 0 saturated carbocycles. The van der Waals surface area contributed by atoms with Crippen LogP contribution in [0.4, 0.5) is 21.9 Å². The van der Waals surface area contributed by atoms with Crippen LogP contribution in [0.2, 0.25) is 0 Å². The standard InChI is InChI=1S/C20H18N4O4S/c21-20(26)23-17-6-4-5-16(13-17)22-19(25)14-9-11-15(12-10-14)24-29(27,28)18-7-2-1-3-8-18/h1-13,24H,(H,22,25)(H3,21,23,26). The van der Waals surface area contributed by atoms with Gasteiger partial charge in [-0.3, -0.25) is 9.52 Å². The number of sulfonamides is 1. The Morgan fingerprint density at radius 2 is 1.34 bits per heavy atom. The van der Waals surface area contributed by atoms with Crippen molar-refractivity contribution >= 4 is 39.0 Å². The van der Waals surface area contributed by atoms with Crippen LogP contribution in [0.1, 0.15) is 10.4 Å². The zero-order valence-electron chi connectivity index (χ0n) is 15.1. The molecule has 0 aliphatic heterocycles. The molecule has 8 nitrogen and oxygen atoms in total. The molecule has 0 unspecified atom stereocenters. The van der Waals surface area contributed by atoms with Crippen LogP contribution in [0, 0.1) is 0 Å². The van der Waals surface area contributed by atoms with Gasteiger partial charge < -0.3 is 16.4 Å². The molecule has 5 N–H and O–H groups in total. The summed E-state index contributed by atoms with van der Waals surface area (Å²) in [6.07, 6.45) is 0. The molecule has 0 bridgehead atoms. The first-order valence-electron chi connectivity index (χ1n) is 8.49. The van der Waals surface area contributed by atoms with E-state index >= 15 is 0 Å². The van der Waals surface area contributed by atoms with Crippen molar-refractivity contribution in [3.8, 4) is 0 Å². The third-order valence-corrected chi connectivity index (χ3v) is 5.24. The number of urea groups is 1. The van der Waals surface area contributed by atoms with Gasteiger partial charge in [0.25, 0.3) is 15.9 Å². The minimum Gasteiger partial charge on any atom is -0.351 e. The topological polar surface area (TPSA) is 130 Å². The highest BCUT2D eigenvalue weighted by atomic mass is 32.2. The maximum Gasteiger partial charge on any atom is 0.316 e. The summed E-state index contributed by atoms with van der Waals surface area (Å²) in [6.45, 7) is 0. The second-order valence-electron chi connectivity index (χ2n) is 6.02. The first-order chi connectivity index (χ1) is 13.8. The number of carbonyl (C=O) groups excluding carboxylic acids is 2. The average molecular weight is 410 g/mol. The van der Waals surface area contributed by atoms with E-state index in [-0.39, 0.29) is 4.90 Å². The molecule has 0 aliphatic rings. The summed E-state index contributed by atoms with van der Waals surface area (Å²) in [7, 11) is -3.70. The average Bonchev–Trinajstić information content (AvgIpc) is 2.69. The van der Waals surface area contributed by atoms with Crippen molar-refractivity contribution in [2.24, 2.45) is 5.73 Å². The molecule has 0 heterocycles. The fourth-order valence-corrected chi connectivity index (χ4v) is 3.60. The lowest BCUT2D eigenvalue weighted by atomic mass is 10.2. The second kappa shape index (κ2) is 8.44. The van der Waals surface area contributed by atoms with E-state index in [0.717, 1.165) is 0 Å². The van der Waals surface area contributed by atoms with E-state index in [1.165, 1.54) is 36.4 Å². The molecule has 0 saturated heterocycles. The van der Waals surface area contributed by atoms with Crippen LogP contribution in [-0.2, 0) is 10.0 Å². The minimum absolute atomic E-state index is 0.145. The SMILES string of the molecule is NC(=O)Nc1cccc(NC(=O)c2ccc(NS(=O)(=O)c3ccccc3)cc2)c1. The van der Waals surface area contributed by atoms with E-state index in [9.17, 15) is 18.0 Å². The molecular weight excluding hydrogens is 392 g/mol. The summed E-state index contributed by atoms with van der Waals surface area (Å²) < 4.78 is 27.1. The van der Waals surface area contributed by atoms with Crippen molar-refractivity contribution in [2.45, 2.75) is 4.90 Å². The third-order valence-electron chi connectivity index (χ3n) is 3.84. The normalized spacial score (nSPS) is 10.8. The summed E-state index contributed by atoms with van der Waals surface area (Å²) in [5.74, 6) is -0.390. The molecule has 0 aliphatic carbocycles. The first kappa shape index (κ1) is 19.9. The van der Waals surface area contributed by atoms with Gasteiger partial charge in [-0.2, -0.15) is 0 Å². The molecule has 3 aromatic rings. The van der Waals surface area contributed by atoms with Gasteiger partial charge in [0.05, 0.1) is 4.90 Å². The zero-order valence-corrected chi connectivity index (χ0v) is 15.9. The van der Waals surface area contributed by atoms with Gasteiger partial charge in [0.1, 0.15) is 0 Å². The highest BCUT2D eigenvalue weighted by Crippen LogP contribution is 2.19. The number of nitrogens with one attached hydrogen (secondary N) is 3. The Bertz CT molecular complexity index is 1130. The molecule has 3 aromatic carbocycles. The van der Waals surface area contributed by atoms with Gasteiger partial charge in [-0.15, -0.1) is 0 Å².